The van der Waals surface area contributed by atoms with Crippen molar-refractivity contribution in [1.82, 2.24) is 5.16 Å². The van der Waals surface area contributed by atoms with Crippen LogP contribution >= 0.6 is 0 Å². The van der Waals surface area contributed by atoms with Crippen molar-refractivity contribution in [2.75, 3.05) is 0 Å². The first-order chi connectivity index (χ1) is 12.7. The number of nitrogens with zero attached hydrogens (tertiary/aromatic N) is 1. The van der Waals surface area contributed by atoms with Crippen LogP contribution in [-0.2, 0) is 0 Å². The van der Waals surface area contributed by atoms with Crippen LogP contribution in [0.4, 0.5) is 0 Å². The van der Waals surface area contributed by atoms with E-state index in [9.17, 15) is 5.11 Å². The molecule has 1 aromatic rings. The number of rotatable bonds is 1. The smallest absolute Gasteiger partial charge is 0.140 e. The zero-order valence-corrected chi connectivity index (χ0v) is 17.6. The second kappa shape index (κ2) is 5.62. The Balaban J connectivity index is 1.47. The summed E-state index contributed by atoms with van der Waals surface area (Å²) in [4.78, 5) is 0. The molecule has 0 saturated heterocycles. The van der Waals surface area contributed by atoms with Gasteiger partial charge in [-0.15, -0.1) is 0 Å². The number of aliphatic hydroxyl groups is 1. The van der Waals surface area contributed by atoms with Gasteiger partial charge in [0.2, 0.25) is 0 Å². The van der Waals surface area contributed by atoms with Crippen molar-refractivity contribution >= 4 is 0 Å². The Bertz CT molecular complexity index is 712. The minimum Gasteiger partial charge on any atom is -0.390 e. The van der Waals surface area contributed by atoms with E-state index in [4.69, 9.17) is 4.52 Å². The molecule has 0 aliphatic heterocycles. The zero-order chi connectivity index (χ0) is 19.1. The van der Waals surface area contributed by atoms with Crippen molar-refractivity contribution in [1.29, 1.82) is 0 Å². The molecule has 0 radical (unpaired) electrons. The maximum atomic E-state index is 10.8. The van der Waals surface area contributed by atoms with Gasteiger partial charge in [-0.05, 0) is 98.7 Å². The summed E-state index contributed by atoms with van der Waals surface area (Å²) >= 11 is 0. The molecule has 8 atom stereocenters. The van der Waals surface area contributed by atoms with Crippen LogP contribution in [0.15, 0.2) is 16.8 Å². The van der Waals surface area contributed by atoms with Crippen molar-refractivity contribution in [3.8, 4) is 0 Å². The zero-order valence-electron chi connectivity index (χ0n) is 17.6. The van der Waals surface area contributed by atoms with Gasteiger partial charge in [0.05, 0.1) is 11.8 Å². The predicted octanol–water partition coefficient (Wildman–Crippen LogP) is 5.94. The van der Waals surface area contributed by atoms with Gasteiger partial charge in [-0.25, -0.2) is 0 Å². The largest absolute Gasteiger partial charge is 0.390 e. The molecule has 3 nitrogen and oxygen atoms in total. The maximum Gasteiger partial charge on any atom is 0.140 e. The Morgan fingerprint density at radius 3 is 2.44 bits per heavy atom. The van der Waals surface area contributed by atoms with Gasteiger partial charge in [-0.1, -0.05) is 25.9 Å². The lowest BCUT2D eigenvalue weighted by molar-refractivity contribution is -0.173. The summed E-state index contributed by atoms with van der Waals surface area (Å²) in [5, 5.41) is 14.8. The van der Waals surface area contributed by atoms with E-state index in [1.165, 1.54) is 44.9 Å². The molecule has 0 unspecified atom stereocenters. The van der Waals surface area contributed by atoms with Gasteiger partial charge in [0, 0.05) is 12.0 Å². The third kappa shape index (κ3) is 2.46. The minimum atomic E-state index is -0.451. The molecule has 0 aromatic carbocycles. The van der Waals surface area contributed by atoms with Gasteiger partial charge < -0.3 is 9.63 Å². The Morgan fingerprint density at radius 1 is 0.926 bits per heavy atom. The van der Waals surface area contributed by atoms with E-state index in [2.05, 4.69) is 38.9 Å². The molecule has 27 heavy (non-hydrogen) atoms. The Hall–Kier alpha value is -0.830. The van der Waals surface area contributed by atoms with E-state index in [1.54, 1.807) is 0 Å². The Morgan fingerprint density at radius 2 is 1.70 bits per heavy atom. The van der Waals surface area contributed by atoms with Crippen molar-refractivity contribution in [2.24, 2.45) is 34.0 Å². The van der Waals surface area contributed by atoms with E-state index in [0.29, 0.717) is 22.2 Å². The number of hydrogen-bond acceptors (Lipinski definition) is 3. The molecular formula is C24H37NO2. The monoisotopic (exact) mass is 371 g/mol. The van der Waals surface area contributed by atoms with Gasteiger partial charge in [-0.2, -0.15) is 0 Å². The average Bonchev–Trinajstić information content (AvgIpc) is 3.21. The van der Waals surface area contributed by atoms with Crippen LogP contribution in [0, 0.1) is 34.0 Å². The van der Waals surface area contributed by atoms with Crippen molar-refractivity contribution in [3.63, 3.8) is 0 Å². The van der Waals surface area contributed by atoms with Gasteiger partial charge in [-0.3, -0.25) is 0 Å². The summed E-state index contributed by atoms with van der Waals surface area (Å²) < 4.78 is 5.65. The third-order valence-corrected chi connectivity index (χ3v) is 10.2. The first-order valence-corrected chi connectivity index (χ1v) is 11.3. The second-order valence-corrected chi connectivity index (χ2v) is 11.7. The number of aromatic nitrogens is 1. The van der Waals surface area contributed by atoms with Crippen molar-refractivity contribution in [3.05, 3.63) is 18.0 Å². The standard InChI is InChI=1S/C24H37NO2/c1-21-12-13-24(4)17(16(21)7-10-22(2,26)15-21)8-11-23(3)18(5-6-20(23)24)19-9-14-25-27-19/h9,14,16-18,20,26H,5-8,10-13,15H2,1-4H3/t16-,17-,18-,20-,21-,22-,23-,24-/m1/s1. The molecule has 3 heteroatoms. The second-order valence-electron chi connectivity index (χ2n) is 11.7. The van der Waals surface area contributed by atoms with Gasteiger partial charge in [0.1, 0.15) is 5.76 Å². The van der Waals surface area contributed by atoms with Gasteiger partial charge >= 0.3 is 0 Å². The lowest BCUT2D eigenvalue weighted by Crippen LogP contribution is -2.58. The molecule has 5 rings (SSSR count). The molecule has 1 heterocycles. The van der Waals surface area contributed by atoms with Crippen LogP contribution in [0.25, 0.3) is 0 Å². The highest BCUT2D eigenvalue weighted by Crippen LogP contribution is 2.72. The molecule has 0 spiro atoms. The van der Waals surface area contributed by atoms with Gasteiger partial charge in [0.25, 0.3) is 0 Å². The van der Waals surface area contributed by atoms with E-state index >= 15 is 0 Å². The average molecular weight is 372 g/mol. The van der Waals surface area contributed by atoms with E-state index in [-0.39, 0.29) is 0 Å². The summed E-state index contributed by atoms with van der Waals surface area (Å²) in [5.74, 6) is 4.09. The van der Waals surface area contributed by atoms with Crippen molar-refractivity contribution in [2.45, 2.75) is 97.0 Å². The fourth-order valence-corrected chi connectivity index (χ4v) is 9.03. The van der Waals surface area contributed by atoms with Crippen LogP contribution in [0.2, 0.25) is 0 Å². The lowest BCUT2D eigenvalue weighted by Gasteiger charge is -2.65. The number of fused-ring (bicyclic) bond motifs is 5. The molecule has 1 N–H and O–H groups in total. The predicted molar refractivity (Wildman–Crippen MR) is 106 cm³/mol. The normalized spacial score (nSPS) is 54.9. The molecule has 0 bridgehead atoms. The highest BCUT2D eigenvalue weighted by Gasteiger charge is 2.65. The fraction of sp³-hybridized carbons (Fsp3) is 0.875. The van der Waals surface area contributed by atoms with Crippen LogP contribution in [0.1, 0.15) is 97.2 Å². The lowest BCUT2D eigenvalue weighted by atomic mass is 9.40. The maximum absolute atomic E-state index is 10.8. The summed E-state index contributed by atoms with van der Waals surface area (Å²) in [6.45, 7) is 9.75. The summed E-state index contributed by atoms with van der Waals surface area (Å²) in [7, 11) is 0. The molecular weight excluding hydrogens is 334 g/mol. The van der Waals surface area contributed by atoms with Crippen LogP contribution in [-0.4, -0.2) is 15.9 Å². The molecule has 4 aliphatic rings. The Labute approximate surface area is 164 Å². The summed E-state index contributed by atoms with van der Waals surface area (Å²) in [5.41, 5.74) is 0.698. The van der Waals surface area contributed by atoms with E-state index < -0.39 is 5.60 Å². The van der Waals surface area contributed by atoms with E-state index in [1.807, 2.05) is 6.20 Å². The SMILES string of the molecule is C[C@@]1(O)CC[C@@H]2[C@H]3CC[C@@]4(C)[C@@H](CC[C@@H]4c4ccno4)[C@]3(C)CC[C@]2(C)C1. The summed E-state index contributed by atoms with van der Waals surface area (Å²) in [6.07, 6.45) is 12.9. The molecule has 4 fully saturated rings. The quantitative estimate of drug-likeness (QED) is 0.664. The van der Waals surface area contributed by atoms with E-state index in [0.717, 1.165) is 36.4 Å². The molecule has 150 valence electrons. The van der Waals surface area contributed by atoms with Crippen molar-refractivity contribution < 1.29 is 9.63 Å². The highest BCUT2D eigenvalue weighted by molar-refractivity contribution is 5.19. The van der Waals surface area contributed by atoms with Gasteiger partial charge in [0.15, 0.2) is 0 Å². The topological polar surface area (TPSA) is 46.3 Å². The molecule has 1 aromatic heterocycles. The first-order valence-electron chi connectivity index (χ1n) is 11.3. The summed E-state index contributed by atoms with van der Waals surface area (Å²) in [6, 6.07) is 2.11. The molecule has 4 aliphatic carbocycles. The van der Waals surface area contributed by atoms with Crippen LogP contribution in [0.3, 0.4) is 0 Å². The minimum absolute atomic E-state index is 0.336. The third-order valence-electron chi connectivity index (χ3n) is 10.2. The Kier molecular flexibility index (Phi) is 3.79. The first kappa shape index (κ1) is 18.2. The van der Waals surface area contributed by atoms with Crippen LogP contribution < -0.4 is 0 Å². The molecule has 4 saturated carbocycles. The molecule has 0 amide bonds. The van der Waals surface area contributed by atoms with Crippen LogP contribution in [0.5, 0.6) is 0 Å². The highest BCUT2D eigenvalue weighted by atomic mass is 16.5. The fourth-order valence-electron chi connectivity index (χ4n) is 9.03. The number of hydrogen-bond donors (Lipinski definition) is 1.